The zero-order chi connectivity index (χ0) is 19.5. The van der Waals surface area contributed by atoms with Crippen molar-refractivity contribution in [3.8, 4) is 11.5 Å². The Bertz CT molecular complexity index is 869. The topological polar surface area (TPSA) is 54.0 Å². The Kier molecular flexibility index (Phi) is 5.54. The molecule has 0 aromatic heterocycles. The van der Waals surface area contributed by atoms with Crippen molar-refractivity contribution in [3.05, 3.63) is 53.6 Å². The first kappa shape index (κ1) is 18.8. The van der Waals surface area contributed by atoms with Crippen molar-refractivity contribution in [2.24, 2.45) is 0 Å². The Labute approximate surface area is 174 Å². The third-order valence-corrected chi connectivity index (χ3v) is 5.37. The first-order valence-corrected chi connectivity index (χ1v) is 9.87. The summed E-state index contributed by atoms with van der Waals surface area (Å²) in [6.45, 7) is 2.73. The molecule has 2 aromatic rings. The van der Waals surface area contributed by atoms with Crippen molar-refractivity contribution >= 4 is 40.5 Å². The molecule has 1 N–H and O–H groups in total. The second-order valence-electron chi connectivity index (χ2n) is 6.61. The molecule has 2 aromatic carbocycles. The van der Waals surface area contributed by atoms with E-state index in [2.05, 4.69) is 10.2 Å². The average Bonchev–Trinajstić information content (AvgIpc) is 2.74. The molecule has 8 heteroatoms. The van der Waals surface area contributed by atoms with E-state index in [9.17, 15) is 4.79 Å². The molecule has 0 bridgehead atoms. The van der Waals surface area contributed by atoms with Crippen LogP contribution in [0, 0.1) is 0 Å². The molecule has 4 rings (SSSR count). The van der Waals surface area contributed by atoms with Gasteiger partial charge in [0.05, 0.1) is 0 Å². The second kappa shape index (κ2) is 8.24. The molecule has 1 fully saturated rings. The Morgan fingerprint density at radius 2 is 1.64 bits per heavy atom. The summed E-state index contributed by atoms with van der Waals surface area (Å²) in [6.07, 6.45) is -0.611. The van der Waals surface area contributed by atoms with Crippen LogP contribution >= 0.6 is 23.8 Å². The summed E-state index contributed by atoms with van der Waals surface area (Å²) in [6, 6.07) is 14.8. The van der Waals surface area contributed by atoms with Gasteiger partial charge < -0.3 is 24.6 Å². The number of anilines is 1. The van der Waals surface area contributed by atoms with Crippen LogP contribution in [0.2, 0.25) is 5.02 Å². The molecule has 2 aliphatic rings. The number of piperazine rings is 1. The Hall–Kier alpha value is -2.51. The highest BCUT2D eigenvalue weighted by Crippen LogP contribution is 2.31. The van der Waals surface area contributed by atoms with E-state index in [0.717, 1.165) is 5.69 Å². The number of hydrogen-bond donors (Lipinski definition) is 1. The van der Waals surface area contributed by atoms with Crippen LogP contribution in [0.25, 0.3) is 0 Å². The van der Waals surface area contributed by atoms with Gasteiger partial charge in [0.25, 0.3) is 5.91 Å². The van der Waals surface area contributed by atoms with Crippen molar-refractivity contribution in [2.45, 2.75) is 6.10 Å². The van der Waals surface area contributed by atoms with Crippen molar-refractivity contribution in [1.29, 1.82) is 0 Å². The quantitative estimate of drug-likeness (QED) is 0.758. The summed E-state index contributed by atoms with van der Waals surface area (Å²) in [5.74, 6) is 1.24. The summed E-state index contributed by atoms with van der Waals surface area (Å²) >= 11 is 11.4. The molecule has 1 saturated heterocycles. The number of halogens is 1. The van der Waals surface area contributed by atoms with Crippen LogP contribution in [0.1, 0.15) is 0 Å². The summed E-state index contributed by atoms with van der Waals surface area (Å²) in [5, 5.41) is 4.53. The van der Waals surface area contributed by atoms with E-state index in [-0.39, 0.29) is 12.5 Å². The van der Waals surface area contributed by atoms with Gasteiger partial charge in [0.2, 0.25) is 6.10 Å². The van der Waals surface area contributed by atoms with Gasteiger partial charge in [-0.1, -0.05) is 23.7 Å². The number of para-hydroxylation sites is 2. The molecule has 2 heterocycles. The predicted molar refractivity (Wildman–Crippen MR) is 112 cm³/mol. The number of nitrogens with zero attached hydrogens (tertiary/aromatic N) is 2. The second-order valence-corrected chi connectivity index (χ2v) is 7.44. The maximum atomic E-state index is 12.8. The number of thiocarbonyl (C=S) groups is 1. The molecule has 146 valence electrons. The normalized spacial score (nSPS) is 18.5. The highest BCUT2D eigenvalue weighted by atomic mass is 35.5. The third-order valence-electron chi connectivity index (χ3n) is 4.76. The number of amides is 1. The van der Waals surface area contributed by atoms with E-state index in [4.69, 9.17) is 33.3 Å². The fraction of sp³-hybridized carbons (Fsp3) is 0.300. The average molecular weight is 418 g/mol. The number of ether oxygens (including phenoxy) is 2. The Morgan fingerprint density at radius 3 is 2.36 bits per heavy atom. The van der Waals surface area contributed by atoms with E-state index in [0.29, 0.717) is 47.8 Å². The number of rotatable bonds is 2. The summed E-state index contributed by atoms with van der Waals surface area (Å²) in [7, 11) is 0. The minimum Gasteiger partial charge on any atom is -0.485 e. The number of carbonyl (C=O) groups excluding carboxylic acids is 1. The van der Waals surface area contributed by atoms with Gasteiger partial charge in [-0.25, -0.2) is 0 Å². The summed E-state index contributed by atoms with van der Waals surface area (Å²) < 4.78 is 11.5. The predicted octanol–water partition coefficient (Wildman–Crippen LogP) is 3.02. The Balaban J connectivity index is 1.29. The van der Waals surface area contributed by atoms with Gasteiger partial charge >= 0.3 is 0 Å². The van der Waals surface area contributed by atoms with Crippen molar-refractivity contribution in [1.82, 2.24) is 9.80 Å². The van der Waals surface area contributed by atoms with Crippen LogP contribution in [0.15, 0.2) is 48.5 Å². The minimum absolute atomic E-state index is 0.0502. The van der Waals surface area contributed by atoms with Crippen LogP contribution in [-0.4, -0.2) is 59.7 Å². The van der Waals surface area contributed by atoms with E-state index >= 15 is 0 Å². The van der Waals surface area contributed by atoms with Crippen LogP contribution in [0.5, 0.6) is 11.5 Å². The molecular weight excluding hydrogens is 398 g/mol. The van der Waals surface area contributed by atoms with Crippen LogP contribution in [-0.2, 0) is 4.79 Å². The van der Waals surface area contributed by atoms with Gasteiger partial charge in [-0.05, 0) is 48.6 Å². The molecule has 0 spiro atoms. The number of fused-ring (bicyclic) bond motifs is 1. The first-order valence-electron chi connectivity index (χ1n) is 9.09. The summed E-state index contributed by atoms with van der Waals surface area (Å²) in [4.78, 5) is 16.7. The third kappa shape index (κ3) is 4.15. The van der Waals surface area contributed by atoms with E-state index in [1.165, 1.54) is 0 Å². The lowest BCUT2D eigenvalue weighted by molar-refractivity contribution is -0.142. The molecule has 0 radical (unpaired) electrons. The first-order chi connectivity index (χ1) is 13.6. The largest absolute Gasteiger partial charge is 0.485 e. The lowest BCUT2D eigenvalue weighted by atomic mass is 10.2. The van der Waals surface area contributed by atoms with Gasteiger partial charge in [0.1, 0.15) is 6.61 Å². The van der Waals surface area contributed by atoms with Crippen LogP contribution in [0.3, 0.4) is 0 Å². The lowest BCUT2D eigenvalue weighted by Crippen LogP contribution is -2.55. The maximum absolute atomic E-state index is 12.8. The number of carbonyl (C=O) groups is 1. The molecule has 1 atom stereocenters. The van der Waals surface area contributed by atoms with Gasteiger partial charge in [0, 0.05) is 36.9 Å². The SMILES string of the molecule is O=C([C@@H]1COc2ccccc2O1)N1CCN(C(=S)Nc2ccc(Cl)cc2)CC1. The van der Waals surface area contributed by atoms with Crippen molar-refractivity contribution in [2.75, 3.05) is 38.1 Å². The van der Waals surface area contributed by atoms with E-state index in [1.54, 1.807) is 0 Å². The summed E-state index contributed by atoms with van der Waals surface area (Å²) in [5.41, 5.74) is 0.888. The smallest absolute Gasteiger partial charge is 0.267 e. The fourth-order valence-corrected chi connectivity index (χ4v) is 3.64. The number of benzene rings is 2. The van der Waals surface area contributed by atoms with Crippen LogP contribution < -0.4 is 14.8 Å². The zero-order valence-corrected chi connectivity index (χ0v) is 16.7. The molecule has 28 heavy (non-hydrogen) atoms. The molecular formula is C20H20ClN3O3S. The lowest BCUT2D eigenvalue weighted by Gasteiger charge is -2.38. The van der Waals surface area contributed by atoms with Crippen molar-refractivity contribution in [3.63, 3.8) is 0 Å². The monoisotopic (exact) mass is 417 g/mol. The number of nitrogens with one attached hydrogen (secondary N) is 1. The highest BCUT2D eigenvalue weighted by Gasteiger charge is 2.33. The molecule has 2 aliphatic heterocycles. The maximum Gasteiger partial charge on any atom is 0.267 e. The highest BCUT2D eigenvalue weighted by molar-refractivity contribution is 7.80. The van der Waals surface area contributed by atoms with Gasteiger partial charge in [-0.2, -0.15) is 0 Å². The van der Waals surface area contributed by atoms with Gasteiger partial charge in [-0.3, -0.25) is 4.79 Å². The van der Waals surface area contributed by atoms with E-state index < -0.39 is 6.10 Å². The van der Waals surface area contributed by atoms with Crippen molar-refractivity contribution < 1.29 is 14.3 Å². The van der Waals surface area contributed by atoms with Gasteiger partial charge in [0.15, 0.2) is 16.6 Å². The molecule has 0 aliphatic carbocycles. The molecule has 1 amide bonds. The van der Waals surface area contributed by atoms with Crippen LogP contribution in [0.4, 0.5) is 5.69 Å². The zero-order valence-electron chi connectivity index (χ0n) is 15.1. The fourth-order valence-electron chi connectivity index (χ4n) is 3.21. The standard InChI is InChI=1S/C20H20ClN3O3S/c21-14-5-7-15(8-6-14)22-20(28)24-11-9-23(10-12-24)19(25)18-13-26-16-3-1-2-4-17(16)27-18/h1-8,18H,9-13H2,(H,22,28)/t18-/m0/s1. The molecule has 0 unspecified atom stereocenters. The minimum atomic E-state index is -0.611. The molecule has 6 nitrogen and oxygen atoms in total. The number of hydrogen-bond acceptors (Lipinski definition) is 4. The van der Waals surface area contributed by atoms with E-state index in [1.807, 2.05) is 53.4 Å². The molecule has 0 saturated carbocycles. The van der Waals surface area contributed by atoms with Gasteiger partial charge in [-0.15, -0.1) is 0 Å². The Morgan fingerprint density at radius 1 is 1.00 bits per heavy atom.